The minimum atomic E-state index is -0.0691. The average molecular weight is 290 g/mol. The first-order chi connectivity index (χ1) is 10.0. The van der Waals surface area contributed by atoms with Crippen LogP contribution in [0.2, 0.25) is 0 Å². The van der Waals surface area contributed by atoms with Gasteiger partial charge in [-0.2, -0.15) is 0 Å². The Hall–Kier alpha value is -1.55. The zero-order chi connectivity index (χ0) is 15.4. The fourth-order valence-corrected chi connectivity index (χ4v) is 3.11. The standard InChI is InChI=1S/C17H26N2O2/c1-4-21-14-8-5-7-13(11-14)17-15(18)9-6-10-16(20)19(17)12(2)3/h5,7-8,11-12,15,17H,4,6,9-10,18H2,1-3H3. The number of carbonyl (C=O) groups is 1. The van der Waals surface area contributed by atoms with E-state index in [1.807, 2.05) is 36.1 Å². The smallest absolute Gasteiger partial charge is 0.223 e. The molecule has 2 N–H and O–H groups in total. The van der Waals surface area contributed by atoms with Gasteiger partial charge in [-0.15, -0.1) is 0 Å². The number of rotatable bonds is 4. The summed E-state index contributed by atoms with van der Waals surface area (Å²) in [4.78, 5) is 14.4. The van der Waals surface area contributed by atoms with E-state index in [-0.39, 0.29) is 24.0 Å². The van der Waals surface area contributed by atoms with Gasteiger partial charge >= 0.3 is 0 Å². The monoisotopic (exact) mass is 290 g/mol. The Bertz CT molecular complexity index is 487. The Balaban J connectivity index is 2.39. The van der Waals surface area contributed by atoms with Gasteiger partial charge in [0.25, 0.3) is 0 Å². The Morgan fingerprint density at radius 2 is 2.19 bits per heavy atom. The van der Waals surface area contributed by atoms with Crippen molar-refractivity contribution in [1.82, 2.24) is 4.90 Å². The highest BCUT2D eigenvalue weighted by Crippen LogP contribution is 2.33. The predicted molar refractivity (Wildman–Crippen MR) is 84.2 cm³/mol. The molecule has 1 heterocycles. The first-order valence-corrected chi connectivity index (χ1v) is 7.84. The maximum atomic E-state index is 12.4. The topological polar surface area (TPSA) is 55.6 Å². The summed E-state index contributed by atoms with van der Waals surface area (Å²) in [7, 11) is 0. The van der Waals surface area contributed by atoms with Gasteiger partial charge in [-0.25, -0.2) is 0 Å². The molecule has 1 aliphatic heterocycles. The van der Waals surface area contributed by atoms with Gasteiger partial charge in [-0.05, 0) is 51.3 Å². The molecule has 116 valence electrons. The van der Waals surface area contributed by atoms with Crippen LogP contribution in [0.5, 0.6) is 5.75 Å². The van der Waals surface area contributed by atoms with Crippen LogP contribution in [0.3, 0.4) is 0 Å². The van der Waals surface area contributed by atoms with Crippen LogP contribution in [0.4, 0.5) is 0 Å². The molecule has 2 unspecified atom stereocenters. The molecule has 21 heavy (non-hydrogen) atoms. The third-order valence-corrected chi connectivity index (χ3v) is 3.99. The normalized spacial score (nSPS) is 23.3. The average Bonchev–Trinajstić information content (AvgIpc) is 2.58. The molecule has 1 saturated heterocycles. The third kappa shape index (κ3) is 3.56. The molecular formula is C17H26N2O2. The second-order valence-electron chi connectivity index (χ2n) is 5.90. The number of amides is 1. The first-order valence-electron chi connectivity index (χ1n) is 7.84. The van der Waals surface area contributed by atoms with Crippen LogP contribution in [0.15, 0.2) is 24.3 Å². The van der Waals surface area contributed by atoms with Crippen LogP contribution < -0.4 is 10.5 Å². The highest BCUT2D eigenvalue weighted by Gasteiger charge is 2.34. The van der Waals surface area contributed by atoms with E-state index in [1.54, 1.807) is 0 Å². The lowest BCUT2D eigenvalue weighted by atomic mass is 9.95. The van der Waals surface area contributed by atoms with Crippen molar-refractivity contribution >= 4 is 5.91 Å². The van der Waals surface area contributed by atoms with Gasteiger partial charge in [-0.3, -0.25) is 4.79 Å². The Kier molecular flexibility index (Phi) is 5.23. The molecule has 4 nitrogen and oxygen atoms in total. The van der Waals surface area contributed by atoms with Gasteiger partial charge in [-0.1, -0.05) is 12.1 Å². The maximum Gasteiger partial charge on any atom is 0.223 e. The molecule has 0 spiro atoms. The molecule has 1 aromatic carbocycles. The van der Waals surface area contributed by atoms with Crippen molar-refractivity contribution in [1.29, 1.82) is 0 Å². The van der Waals surface area contributed by atoms with Gasteiger partial charge in [0.05, 0.1) is 12.6 Å². The SMILES string of the molecule is CCOc1cccc(C2C(N)CCCC(=O)N2C(C)C)c1. The van der Waals surface area contributed by atoms with Gasteiger partial charge in [0, 0.05) is 18.5 Å². The summed E-state index contributed by atoms with van der Waals surface area (Å²) in [5, 5.41) is 0. The van der Waals surface area contributed by atoms with E-state index in [4.69, 9.17) is 10.5 Å². The van der Waals surface area contributed by atoms with E-state index in [2.05, 4.69) is 13.8 Å². The summed E-state index contributed by atoms with van der Waals surface area (Å²) in [6.07, 6.45) is 2.33. The van der Waals surface area contributed by atoms with Crippen molar-refractivity contribution < 1.29 is 9.53 Å². The number of benzene rings is 1. The third-order valence-electron chi connectivity index (χ3n) is 3.99. The maximum absolute atomic E-state index is 12.4. The van der Waals surface area contributed by atoms with Gasteiger partial charge < -0.3 is 15.4 Å². The summed E-state index contributed by atoms with van der Waals surface area (Å²) >= 11 is 0. The quantitative estimate of drug-likeness (QED) is 0.927. The summed E-state index contributed by atoms with van der Waals surface area (Å²) in [5.74, 6) is 1.03. The summed E-state index contributed by atoms with van der Waals surface area (Å²) < 4.78 is 5.58. The van der Waals surface area contributed by atoms with Gasteiger partial charge in [0.1, 0.15) is 5.75 Å². The molecule has 0 aromatic heterocycles. The Labute approximate surface area is 127 Å². The van der Waals surface area contributed by atoms with E-state index in [0.717, 1.165) is 24.2 Å². The van der Waals surface area contributed by atoms with Crippen LogP contribution in [0.1, 0.15) is 51.6 Å². The van der Waals surface area contributed by atoms with Crippen molar-refractivity contribution in [3.8, 4) is 5.75 Å². The number of ether oxygens (including phenoxy) is 1. The van der Waals surface area contributed by atoms with Crippen molar-refractivity contribution in [2.45, 2.75) is 58.2 Å². The molecule has 1 aromatic rings. The second kappa shape index (κ2) is 6.94. The molecule has 2 rings (SSSR count). The minimum Gasteiger partial charge on any atom is -0.494 e. The molecule has 1 amide bonds. The van der Waals surface area contributed by atoms with Crippen molar-refractivity contribution in [2.75, 3.05) is 6.61 Å². The van der Waals surface area contributed by atoms with E-state index in [1.165, 1.54) is 0 Å². The zero-order valence-corrected chi connectivity index (χ0v) is 13.2. The van der Waals surface area contributed by atoms with Crippen LogP contribution >= 0.6 is 0 Å². The molecule has 0 saturated carbocycles. The number of hydrogen-bond donors (Lipinski definition) is 1. The first kappa shape index (κ1) is 15.8. The predicted octanol–water partition coefficient (Wildman–Crippen LogP) is 2.87. The summed E-state index contributed by atoms with van der Waals surface area (Å²) in [6.45, 7) is 6.70. The number of nitrogens with two attached hydrogens (primary N) is 1. The van der Waals surface area contributed by atoms with Crippen molar-refractivity contribution in [2.24, 2.45) is 5.73 Å². The van der Waals surface area contributed by atoms with Gasteiger partial charge in [0.2, 0.25) is 5.91 Å². The molecule has 4 heteroatoms. The number of nitrogens with zero attached hydrogens (tertiary/aromatic N) is 1. The molecule has 0 radical (unpaired) electrons. The lowest BCUT2D eigenvalue weighted by Crippen LogP contribution is -2.45. The number of likely N-dealkylation sites (tertiary alicyclic amines) is 1. The Morgan fingerprint density at radius 1 is 1.43 bits per heavy atom. The van der Waals surface area contributed by atoms with Crippen LogP contribution in [-0.2, 0) is 4.79 Å². The molecule has 0 bridgehead atoms. The molecule has 1 aliphatic rings. The molecule has 1 fully saturated rings. The molecule has 2 atom stereocenters. The Morgan fingerprint density at radius 3 is 2.86 bits per heavy atom. The van der Waals surface area contributed by atoms with Crippen LogP contribution in [-0.4, -0.2) is 29.5 Å². The number of hydrogen-bond acceptors (Lipinski definition) is 3. The lowest BCUT2D eigenvalue weighted by Gasteiger charge is -2.37. The van der Waals surface area contributed by atoms with Crippen molar-refractivity contribution in [3.63, 3.8) is 0 Å². The summed E-state index contributed by atoms with van der Waals surface area (Å²) in [6, 6.07) is 8.01. The molecule has 0 aliphatic carbocycles. The number of carbonyl (C=O) groups excluding carboxylic acids is 1. The van der Waals surface area contributed by atoms with E-state index in [9.17, 15) is 4.79 Å². The summed E-state index contributed by atoms with van der Waals surface area (Å²) in [5.41, 5.74) is 7.46. The highest BCUT2D eigenvalue weighted by atomic mass is 16.5. The van der Waals surface area contributed by atoms with E-state index < -0.39 is 0 Å². The highest BCUT2D eigenvalue weighted by molar-refractivity contribution is 5.77. The van der Waals surface area contributed by atoms with E-state index in [0.29, 0.717) is 13.0 Å². The second-order valence-corrected chi connectivity index (χ2v) is 5.90. The largest absolute Gasteiger partial charge is 0.494 e. The fraction of sp³-hybridized carbons (Fsp3) is 0.588. The fourth-order valence-electron chi connectivity index (χ4n) is 3.11. The van der Waals surface area contributed by atoms with Crippen molar-refractivity contribution in [3.05, 3.63) is 29.8 Å². The van der Waals surface area contributed by atoms with Crippen LogP contribution in [0, 0.1) is 0 Å². The lowest BCUT2D eigenvalue weighted by molar-refractivity contribution is -0.135. The van der Waals surface area contributed by atoms with Crippen LogP contribution in [0.25, 0.3) is 0 Å². The van der Waals surface area contributed by atoms with Gasteiger partial charge in [0.15, 0.2) is 0 Å². The molecular weight excluding hydrogens is 264 g/mol. The minimum absolute atomic E-state index is 0.0317. The van der Waals surface area contributed by atoms with E-state index >= 15 is 0 Å². The zero-order valence-electron chi connectivity index (χ0n) is 13.2.